The zero-order valence-corrected chi connectivity index (χ0v) is 6.99. The fraction of sp³-hybridized carbons (Fsp3) is 0.571. The number of amides is 1. The molecule has 0 unspecified atom stereocenters. The molecule has 0 radical (unpaired) electrons. The number of nitrogens with zero attached hydrogens (tertiary/aromatic N) is 2. The van der Waals surface area contributed by atoms with Crippen LogP contribution in [0.15, 0.2) is 6.20 Å². The van der Waals surface area contributed by atoms with Gasteiger partial charge in [0, 0.05) is 0 Å². The van der Waals surface area contributed by atoms with Crippen molar-refractivity contribution in [3.63, 3.8) is 0 Å². The predicted octanol–water partition coefficient (Wildman–Crippen LogP) is 0.0186. The van der Waals surface area contributed by atoms with Crippen LogP contribution in [0.25, 0.3) is 0 Å². The lowest BCUT2D eigenvalue weighted by atomic mass is 9.97. The molecule has 70 valence electrons. The molecule has 1 saturated carbocycles. The van der Waals surface area contributed by atoms with Gasteiger partial charge in [0.05, 0.1) is 12.3 Å². The minimum atomic E-state index is -0.361. The third-order valence-electron chi connectivity index (χ3n) is 2.02. The number of aromatic amines is 1. The summed E-state index contributed by atoms with van der Waals surface area (Å²) in [6.07, 6.45) is 4.72. The van der Waals surface area contributed by atoms with Crippen molar-refractivity contribution in [3.05, 3.63) is 11.9 Å². The molecule has 1 aromatic rings. The monoisotopic (exact) mass is 182 g/mol. The van der Waals surface area contributed by atoms with Crippen LogP contribution in [-0.4, -0.2) is 27.4 Å². The van der Waals surface area contributed by atoms with Crippen LogP contribution in [0.5, 0.6) is 0 Å². The van der Waals surface area contributed by atoms with E-state index in [0.717, 1.165) is 12.8 Å². The van der Waals surface area contributed by atoms with Crippen LogP contribution in [0.2, 0.25) is 0 Å². The Morgan fingerprint density at radius 2 is 2.54 bits per heavy atom. The Hall–Kier alpha value is -1.43. The molecular weight excluding hydrogens is 172 g/mol. The van der Waals surface area contributed by atoms with E-state index < -0.39 is 0 Å². The highest BCUT2D eigenvalue weighted by atomic mass is 16.7. The molecule has 0 aliphatic heterocycles. The molecule has 6 nitrogen and oxygen atoms in total. The zero-order chi connectivity index (χ0) is 9.10. The lowest BCUT2D eigenvalue weighted by molar-refractivity contribution is -0.0509. The van der Waals surface area contributed by atoms with E-state index in [1.54, 1.807) is 0 Å². The normalized spacial score (nSPS) is 16.6. The summed E-state index contributed by atoms with van der Waals surface area (Å²) < 4.78 is 0. The highest BCUT2D eigenvalue weighted by molar-refractivity contribution is 5.90. The fourth-order valence-electron chi connectivity index (χ4n) is 0.989. The van der Waals surface area contributed by atoms with E-state index in [4.69, 9.17) is 4.84 Å². The van der Waals surface area contributed by atoms with Gasteiger partial charge in [-0.05, 0) is 19.3 Å². The number of carbonyl (C=O) groups is 1. The maximum Gasteiger partial charge on any atom is 0.297 e. The van der Waals surface area contributed by atoms with Gasteiger partial charge in [0.15, 0.2) is 5.69 Å². The first-order chi connectivity index (χ1) is 6.36. The predicted molar refractivity (Wildman–Crippen MR) is 42.6 cm³/mol. The Bertz CT molecular complexity index is 281. The van der Waals surface area contributed by atoms with Crippen LogP contribution in [-0.2, 0) is 4.84 Å². The average Bonchev–Trinajstić information content (AvgIpc) is 2.52. The lowest BCUT2D eigenvalue weighted by Gasteiger charge is -2.24. The molecule has 0 atom stereocenters. The summed E-state index contributed by atoms with van der Waals surface area (Å²) in [6.45, 7) is 0. The number of hydrogen-bond acceptors (Lipinski definition) is 4. The summed E-state index contributed by atoms with van der Waals surface area (Å²) in [5, 5.41) is 9.47. The van der Waals surface area contributed by atoms with E-state index >= 15 is 0 Å². The van der Waals surface area contributed by atoms with E-state index in [0.29, 0.717) is 0 Å². The Balaban J connectivity index is 1.78. The molecule has 0 bridgehead atoms. The molecule has 0 aromatic carbocycles. The van der Waals surface area contributed by atoms with Crippen molar-refractivity contribution in [1.82, 2.24) is 20.9 Å². The highest BCUT2D eigenvalue weighted by Crippen LogP contribution is 2.20. The second-order valence-electron chi connectivity index (χ2n) is 2.96. The van der Waals surface area contributed by atoms with Crippen LogP contribution in [0.1, 0.15) is 29.8 Å². The second-order valence-corrected chi connectivity index (χ2v) is 2.96. The van der Waals surface area contributed by atoms with Gasteiger partial charge in [0.25, 0.3) is 5.91 Å². The summed E-state index contributed by atoms with van der Waals surface area (Å²) in [5.74, 6) is -0.361. The van der Waals surface area contributed by atoms with Crippen LogP contribution in [0.4, 0.5) is 0 Å². The van der Waals surface area contributed by atoms with Gasteiger partial charge < -0.3 is 0 Å². The zero-order valence-electron chi connectivity index (χ0n) is 6.99. The van der Waals surface area contributed by atoms with Gasteiger partial charge in [0.1, 0.15) is 0 Å². The molecule has 1 aromatic heterocycles. The van der Waals surface area contributed by atoms with E-state index in [9.17, 15) is 4.79 Å². The number of hydrogen-bond donors (Lipinski definition) is 2. The molecule has 1 heterocycles. The number of nitrogens with one attached hydrogen (secondary N) is 2. The smallest absolute Gasteiger partial charge is 0.270 e. The molecule has 1 aliphatic carbocycles. The first-order valence-corrected chi connectivity index (χ1v) is 4.18. The molecule has 1 amide bonds. The van der Waals surface area contributed by atoms with Gasteiger partial charge in [-0.2, -0.15) is 15.4 Å². The van der Waals surface area contributed by atoms with Gasteiger partial charge >= 0.3 is 0 Å². The minimum Gasteiger partial charge on any atom is -0.270 e. The Kier molecular flexibility index (Phi) is 2.22. The van der Waals surface area contributed by atoms with Crippen molar-refractivity contribution in [2.75, 3.05) is 0 Å². The van der Waals surface area contributed by atoms with Crippen LogP contribution < -0.4 is 5.48 Å². The lowest BCUT2D eigenvalue weighted by Crippen LogP contribution is -2.33. The van der Waals surface area contributed by atoms with Gasteiger partial charge in [0.2, 0.25) is 0 Å². The average molecular weight is 182 g/mol. The first-order valence-electron chi connectivity index (χ1n) is 4.18. The van der Waals surface area contributed by atoms with Gasteiger partial charge in [-0.15, -0.1) is 0 Å². The molecule has 0 spiro atoms. The third kappa shape index (κ3) is 1.83. The van der Waals surface area contributed by atoms with E-state index in [-0.39, 0.29) is 17.7 Å². The number of carbonyl (C=O) groups excluding carboxylic acids is 1. The second kappa shape index (κ2) is 3.53. The first kappa shape index (κ1) is 8.18. The highest BCUT2D eigenvalue weighted by Gasteiger charge is 2.20. The molecule has 2 N–H and O–H groups in total. The molecular formula is C7H10N4O2. The fourth-order valence-corrected chi connectivity index (χ4v) is 0.989. The maximum atomic E-state index is 11.2. The number of rotatable bonds is 3. The maximum absolute atomic E-state index is 11.2. The standard InChI is InChI=1S/C7H10N4O2/c12-7(6-4-8-11-9-6)10-13-5-2-1-3-5/h4-5H,1-3H2,(H,10,12)(H,8,9,11). The number of aromatic nitrogens is 3. The van der Waals surface area contributed by atoms with Gasteiger partial charge in [-0.25, -0.2) is 5.48 Å². The Labute approximate surface area is 74.6 Å². The van der Waals surface area contributed by atoms with Crippen LogP contribution >= 0.6 is 0 Å². The third-order valence-corrected chi connectivity index (χ3v) is 2.02. The van der Waals surface area contributed by atoms with Crippen molar-refractivity contribution >= 4 is 5.91 Å². The molecule has 2 rings (SSSR count). The molecule has 0 saturated heterocycles. The van der Waals surface area contributed by atoms with Crippen molar-refractivity contribution in [2.24, 2.45) is 0 Å². The van der Waals surface area contributed by atoms with E-state index in [2.05, 4.69) is 20.9 Å². The van der Waals surface area contributed by atoms with Gasteiger partial charge in [-0.1, -0.05) is 0 Å². The number of hydroxylamine groups is 1. The molecule has 6 heteroatoms. The van der Waals surface area contributed by atoms with Gasteiger partial charge in [-0.3, -0.25) is 9.63 Å². The quantitative estimate of drug-likeness (QED) is 0.646. The van der Waals surface area contributed by atoms with E-state index in [1.165, 1.54) is 12.6 Å². The summed E-state index contributed by atoms with van der Waals surface area (Å²) in [6, 6.07) is 0. The minimum absolute atomic E-state index is 0.177. The van der Waals surface area contributed by atoms with Crippen molar-refractivity contribution in [2.45, 2.75) is 25.4 Å². The summed E-state index contributed by atoms with van der Waals surface area (Å²) in [7, 11) is 0. The summed E-state index contributed by atoms with van der Waals surface area (Å²) in [4.78, 5) is 16.3. The van der Waals surface area contributed by atoms with Crippen molar-refractivity contribution in [3.8, 4) is 0 Å². The van der Waals surface area contributed by atoms with Crippen LogP contribution in [0, 0.1) is 0 Å². The summed E-state index contributed by atoms with van der Waals surface area (Å²) >= 11 is 0. The Morgan fingerprint density at radius 3 is 3.08 bits per heavy atom. The van der Waals surface area contributed by atoms with Crippen molar-refractivity contribution < 1.29 is 9.63 Å². The molecule has 1 aliphatic rings. The molecule has 1 fully saturated rings. The summed E-state index contributed by atoms with van der Waals surface area (Å²) in [5.41, 5.74) is 2.56. The van der Waals surface area contributed by atoms with Crippen molar-refractivity contribution in [1.29, 1.82) is 0 Å². The van der Waals surface area contributed by atoms with Crippen LogP contribution in [0.3, 0.4) is 0 Å². The number of H-pyrrole nitrogens is 1. The Morgan fingerprint density at radius 1 is 1.69 bits per heavy atom. The SMILES string of the molecule is O=C(NOC1CCC1)c1cn[nH]n1. The molecule has 13 heavy (non-hydrogen) atoms. The largest absolute Gasteiger partial charge is 0.297 e. The van der Waals surface area contributed by atoms with E-state index in [1.807, 2.05) is 0 Å². The topological polar surface area (TPSA) is 79.9 Å².